The monoisotopic (exact) mass is 216 g/mol. The van der Waals surface area contributed by atoms with E-state index >= 15 is 0 Å². The first-order chi connectivity index (χ1) is 6.74. The molecule has 0 radical (unpaired) electrons. The van der Waals surface area contributed by atoms with E-state index in [0.717, 1.165) is 18.1 Å². The van der Waals surface area contributed by atoms with Crippen LogP contribution in [-0.4, -0.2) is 22.7 Å². The molecule has 0 bridgehead atoms. The van der Waals surface area contributed by atoms with E-state index in [1.807, 2.05) is 11.8 Å². The third kappa shape index (κ3) is 4.22. The van der Waals surface area contributed by atoms with Crippen molar-refractivity contribution in [2.24, 2.45) is 11.8 Å². The molecule has 0 heterocycles. The largest absolute Gasteiger partial charge is 0.393 e. The molecule has 1 rings (SSSR count). The molecule has 0 aliphatic heterocycles. The van der Waals surface area contributed by atoms with Gasteiger partial charge in [-0.1, -0.05) is 26.7 Å². The standard InChI is InChI=1S/C12H24OS/c1-3-14-8-7-12(13)11-6-4-5-10(2)9-11/h10-13H,3-9H2,1-2H3. The molecule has 1 aliphatic carbocycles. The maximum Gasteiger partial charge on any atom is 0.0576 e. The minimum atomic E-state index is -0.0307. The van der Waals surface area contributed by atoms with Crippen molar-refractivity contribution in [3.63, 3.8) is 0 Å². The van der Waals surface area contributed by atoms with Gasteiger partial charge in [0.1, 0.15) is 0 Å². The third-order valence-electron chi connectivity index (χ3n) is 3.28. The fourth-order valence-electron chi connectivity index (χ4n) is 2.41. The predicted octanol–water partition coefficient (Wildman–Crippen LogP) is 3.32. The third-order valence-corrected chi connectivity index (χ3v) is 4.22. The van der Waals surface area contributed by atoms with Crippen LogP contribution in [-0.2, 0) is 0 Å². The Kier molecular flexibility index (Phi) is 5.95. The van der Waals surface area contributed by atoms with Crippen molar-refractivity contribution in [3.8, 4) is 0 Å². The fourth-order valence-corrected chi connectivity index (χ4v) is 3.11. The van der Waals surface area contributed by atoms with Crippen LogP contribution >= 0.6 is 11.8 Å². The number of hydrogen-bond acceptors (Lipinski definition) is 2. The second-order valence-corrected chi connectivity index (χ2v) is 5.98. The summed E-state index contributed by atoms with van der Waals surface area (Å²) in [5, 5.41) is 10.0. The zero-order chi connectivity index (χ0) is 10.4. The van der Waals surface area contributed by atoms with Gasteiger partial charge in [-0.25, -0.2) is 0 Å². The Hall–Kier alpha value is 0.310. The maximum absolute atomic E-state index is 10.0. The Morgan fingerprint density at radius 1 is 1.43 bits per heavy atom. The summed E-state index contributed by atoms with van der Waals surface area (Å²) in [6.07, 6.45) is 6.16. The minimum absolute atomic E-state index is 0.0307. The van der Waals surface area contributed by atoms with Gasteiger partial charge in [0.15, 0.2) is 0 Å². The highest BCUT2D eigenvalue weighted by Crippen LogP contribution is 2.31. The van der Waals surface area contributed by atoms with Gasteiger partial charge in [-0.3, -0.25) is 0 Å². The van der Waals surface area contributed by atoms with E-state index in [-0.39, 0.29) is 6.10 Å². The van der Waals surface area contributed by atoms with Crippen LogP contribution in [0.15, 0.2) is 0 Å². The van der Waals surface area contributed by atoms with Crippen LogP contribution in [0.2, 0.25) is 0 Å². The van der Waals surface area contributed by atoms with Crippen molar-refractivity contribution in [1.29, 1.82) is 0 Å². The molecule has 1 aliphatic rings. The molecular weight excluding hydrogens is 192 g/mol. The molecule has 2 heteroatoms. The van der Waals surface area contributed by atoms with Gasteiger partial charge in [-0.05, 0) is 42.6 Å². The van der Waals surface area contributed by atoms with E-state index in [4.69, 9.17) is 0 Å². The Morgan fingerprint density at radius 3 is 2.86 bits per heavy atom. The Labute approximate surface area is 92.7 Å². The zero-order valence-corrected chi connectivity index (χ0v) is 10.4. The number of aliphatic hydroxyl groups is 1. The van der Waals surface area contributed by atoms with Crippen LogP contribution in [0.25, 0.3) is 0 Å². The maximum atomic E-state index is 10.0. The summed E-state index contributed by atoms with van der Waals surface area (Å²) in [5.74, 6) is 3.73. The SMILES string of the molecule is CCSCCC(O)C1CCCC(C)C1. The molecular formula is C12H24OS. The molecule has 0 saturated heterocycles. The first-order valence-corrected chi connectivity index (χ1v) is 7.15. The van der Waals surface area contributed by atoms with Gasteiger partial charge in [0.2, 0.25) is 0 Å². The molecule has 0 spiro atoms. The van der Waals surface area contributed by atoms with E-state index in [9.17, 15) is 5.11 Å². The lowest BCUT2D eigenvalue weighted by Crippen LogP contribution is -2.26. The molecule has 0 aromatic carbocycles. The van der Waals surface area contributed by atoms with Crippen molar-refractivity contribution in [3.05, 3.63) is 0 Å². The number of thioether (sulfide) groups is 1. The Bertz CT molecular complexity index is 149. The van der Waals surface area contributed by atoms with Crippen LogP contribution in [0.1, 0.15) is 46.0 Å². The molecule has 0 amide bonds. The molecule has 0 aromatic heterocycles. The summed E-state index contributed by atoms with van der Waals surface area (Å²) in [6, 6.07) is 0. The fraction of sp³-hybridized carbons (Fsp3) is 1.00. The molecule has 14 heavy (non-hydrogen) atoms. The van der Waals surface area contributed by atoms with Crippen LogP contribution in [0, 0.1) is 11.8 Å². The second-order valence-electron chi connectivity index (χ2n) is 4.58. The molecule has 1 fully saturated rings. The first kappa shape index (κ1) is 12.4. The van der Waals surface area contributed by atoms with Gasteiger partial charge >= 0.3 is 0 Å². The highest BCUT2D eigenvalue weighted by atomic mass is 32.2. The van der Waals surface area contributed by atoms with Crippen LogP contribution < -0.4 is 0 Å². The lowest BCUT2D eigenvalue weighted by Gasteiger charge is -2.30. The van der Waals surface area contributed by atoms with E-state index in [0.29, 0.717) is 5.92 Å². The van der Waals surface area contributed by atoms with E-state index < -0.39 is 0 Å². The summed E-state index contributed by atoms with van der Waals surface area (Å²) in [6.45, 7) is 4.50. The average molecular weight is 216 g/mol. The second kappa shape index (κ2) is 6.73. The van der Waals surface area contributed by atoms with Gasteiger partial charge in [0.05, 0.1) is 6.10 Å². The highest BCUT2D eigenvalue weighted by molar-refractivity contribution is 7.99. The molecule has 84 valence electrons. The van der Waals surface area contributed by atoms with E-state index in [1.165, 1.54) is 31.4 Å². The highest BCUT2D eigenvalue weighted by Gasteiger charge is 2.24. The molecule has 0 aromatic rings. The van der Waals surface area contributed by atoms with Gasteiger partial charge in [0.25, 0.3) is 0 Å². The van der Waals surface area contributed by atoms with Gasteiger partial charge < -0.3 is 5.11 Å². The van der Waals surface area contributed by atoms with Gasteiger partial charge in [0, 0.05) is 0 Å². The van der Waals surface area contributed by atoms with Gasteiger partial charge in [-0.2, -0.15) is 11.8 Å². The average Bonchev–Trinajstić information content (AvgIpc) is 2.18. The Balaban J connectivity index is 2.18. The molecule has 1 nitrogen and oxygen atoms in total. The topological polar surface area (TPSA) is 20.2 Å². The summed E-state index contributed by atoms with van der Waals surface area (Å²) in [4.78, 5) is 0. The smallest absolute Gasteiger partial charge is 0.0576 e. The normalized spacial score (nSPS) is 30.2. The number of aliphatic hydroxyl groups excluding tert-OH is 1. The summed E-state index contributed by atoms with van der Waals surface area (Å²) in [7, 11) is 0. The predicted molar refractivity (Wildman–Crippen MR) is 64.7 cm³/mol. The summed E-state index contributed by atoms with van der Waals surface area (Å²) < 4.78 is 0. The van der Waals surface area contributed by atoms with Crippen molar-refractivity contribution in [2.45, 2.75) is 52.1 Å². The first-order valence-electron chi connectivity index (χ1n) is 5.99. The van der Waals surface area contributed by atoms with E-state index in [1.54, 1.807) is 0 Å². The molecule has 1 N–H and O–H groups in total. The van der Waals surface area contributed by atoms with Crippen LogP contribution in [0.4, 0.5) is 0 Å². The van der Waals surface area contributed by atoms with Crippen molar-refractivity contribution in [1.82, 2.24) is 0 Å². The van der Waals surface area contributed by atoms with Crippen molar-refractivity contribution >= 4 is 11.8 Å². The molecule has 1 saturated carbocycles. The van der Waals surface area contributed by atoms with Crippen LogP contribution in [0.3, 0.4) is 0 Å². The lowest BCUT2D eigenvalue weighted by atomic mass is 9.79. The minimum Gasteiger partial charge on any atom is -0.393 e. The van der Waals surface area contributed by atoms with Gasteiger partial charge in [-0.15, -0.1) is 0 Å². The molecule has 3 unspecified atom stereocenters. The zero-order valence-electron chi connectivity index (χ0n) is 9.54. The van der Waals surface area contributed by atoms with Crippen LogP contribution in [0.5, 0.6) is 0 Å². The Morgan fingerprint density at radius 2 is 2.21 bits per heavy atom. The van der Waals surface area contributed by atoms with E-state index in [2.05, 4.69) is 13.8 Å². The van der Waals surface area contributed by atoms with Crippen molar-refractivity contribution in [2.75, 3.05) is 11.5 Å². The summed E-state index contributed by atoms with van der Waals surface area (Å²) in [5.41, 5.74) is 0. The number of hydrogen-bond donors (Lipinski definition) is 1. The summed E-state index contributed by atoms with van der Waals surface area (Å²) >= 11 is 1.94. The quantitative estimate of drug-likeness (QED) is 0.711. The van der Waals surface area contributed by atoms with Crippen molar-refractivity contribution < 1.29 is 5.11 Å². The number of rotatable bonds is 5. The lowest BCUT2D eigenvalue weighted by molar-refractivity contribution is 0.0697. The molecule has 3 atom stereocenters.